The van der Waals surface area contributed by atoms with Crippen LogP contribution in [-0.4, -0.2) is 30.8 Å². The quantitative estimate of drug-likeness (QED) is 0.739. The first-order chi connectivity index (χ1) is 8.56. The summed E-state index contributed by atoms with van der Waals surface area (Å²) in [7, 11) is 0. The SMILES string of the molecule is CCOCCCNc1c(F)cc(C(=O)O)cc1F. The fraction of sp³-hybridized carbons (Fsp3) is 0.417. The molecule has 0 bridgehead atoms. The van der Waals surface area contributed by atoms with Crippen LogP contribution in [0.1, 0.15) is 23.7 Å². The number of nitrogens with one attached hydrogen (secondary N) is 1. The highest BCUT2D eigenvalue weighted by Gasteiger charge is 2.13. The standard InChI is InChI=1S/C12H15F2NO3/c1-2-18-5-3-4-15-11-9(13)6-8(12(16)17)7-10(11)14/h6-7,15H,2-5H2,1H3,(H,16,17). The van der Waals surface area contributed by atoms with Crippen molar-refractivity contribution >= 4 is 11.7 Å². The lowest BCUT2D eigenvalue weighted by atomic mass is 10.2. The summed E-state index contributed by atoms with van der Waals surface area (Å²) in [5.74, 6) is -3.19. The van der Waals surface area contributed by atoms with Gasteiger partial charge in [-0.2, -0.15) is 0 Å². The molecule has 2 N–H and O–H groups in total. The van der Waals surface area contributed by atoms with Gasteiger partial charge in [-0.1, -0.05) is 0 Å². The van der Waals surface area contributed by atoms with E-state index in [1.165, 1.54) is 0 Å². The van der Waals surface area contributed by atoms with Crippen molar-refractivity contribution in [3.63, 3.8) is 0 Å². The van der Waals surface area contributed by atoms with Crippen molar-refractivity contribution in [1.82, 2.24) is 0 Å². The van der Waals surface area contributed by atoms with Crippen LogP contribution in [0, 0.1) is 11.6 Å². The largest absolute Gasteiger partial charge is 0.478 e. The van der Waals surface area contributed by atoms with Gasteiger partial charge in [-0.3, -0.25) is 0 Å². The van der Waals surface area contributed by atoms with E-state index in [0.29, 0.717) is 26.2 Å². The molecule has 1 aromatic rings. The van der Waals surface area contributed by atoms with Gasteiger partial charge >= 0.3 is 5.97 Å². The first-order valence-corrected chi connectivity index (χ1v) is 5.60. The topological polar surface area (TPSA) is 58.6 Å². The zero-order chi connectivity index (χ0) is 13.5. The van der Waals surface area contributed by atoms with Crippen molar-refractivity contribution in [3.05, 3.63) is 29.3 Å². The third-order valence-electron chi connectivity index (χ3n) is 2.26. The second-order valence-electron chi connectivity index (χ2n) is 3.60. The van der Waals surface area contributed by atoms with Crippen molar-refractivity contribution in [1.29, 1.82) is 0 Å². The van der Waals surface area contributed by atoms with Crippen molar-refractivity contribution in [3.8, 4) is 0 Å². The maximum atomic E-state index is 13.4. The predicted molar refractivity (Wildman–Crippen MR) is 62.9 cm³/mol. The lowest BCUT2D eigenvalue weighted by molar-refractivity contribution is 0.0696. The first-order valence-electron chi connectivity index (χ1n) is 5.60. The Morgan fingerprint density at radius 2 is 2.00 bits per heavy atom. The monoisotopic (exact) mass is 259 g/mol. The molecule has 0 fully saturated rings. The van der Waals surface area contributed by atoms with E-state index in [-0.39, 0.29) is 5.69 Å². The summed E-state index contributed by atoms with van der Waals surface area (Å²) in [5.41, 5.74) is -0.721. The van der Waals surface area contributed by atoms with E-state index in [1.807, 2.05) is 6.92 Å². The molecule has 0 amide bonds. The van der Waals surface area contributed by atoms with E-state index in [4.69, 9.17) is 9.84 Å². The van der Waals surface area contributed by atoms with Gasteiger partial charge in [0.15, 0.2) is 0 Å². The molecule has 0 saturated carbocycles. The number of hydrogen-bond donors (Lipinski definition) is 2. The minimum absolute atomic E-state index is 0.309. The molecule has 0 unspecified atom stereocenters. The molecule has 1 aromatic carbocycles. The van der Waals surface area contributed by atoms with Crippen LogP contribution < -0.4 is 5.32 Å². The zero-order valence-electron chi connectivity index (χ0n) is 10.0. The molecular formula is C12H15F2NO3. The fourth-order valence-electron chi connectivity index (χ4n) is 1.40. The van der Waals surface area contributed by atoms with Crippen LogP contribution in [0.25, 0.3) is 0 Å². The fourth-order valence-corrected chi connectivity index (χ4v) is 1.40. The maximum Gasteiger partial charge on any atom is 0.335 e. The summed E-state index contributed by atoms with van der Waals surface area (Å²) in [4.78, 5) is 10.6. The number of hydrogen-bond acceptors (Lipinski definition) is 3. The van der Waals surface area contributed by atoms with Crippen molar-refractivity contribution in [2.45, 2.75) is 13.3 Å². The summed E-state index contributed by atoms with van der Waals surface area (Å²) in [6, 6.07) is 1.58. The molecule has 4 nitrogen and oxygen atoms in total. The summed E-state index contributed by atoms with van der Waals surface area (Å²) in [6.07, 6.45) is 0.605. The number of aromatic carboxylic acids is 1. The Morgan fingerprint density at radius 1 is 1.39 bits per heavy atom. The van der Waals surface area contributed by atoms with Crippen molar-refractivity contribution < 1.29 is 23.4 Å². The number of carbonyl (C=O) groups is 1. The highest BCUT2D eigenvalue weighted by Crippen LogP contribution is 2.20. The maximum absolute atomic E-state index is 13.4. The van der Waals surface area contributed by atoms with E-state index in [0.717, 1.165) is 12.1 Å². The Labute approximate surface area is 104 Å². The summed E-state index contributed by atoms with van der Waals surface area (Å²) in [5, 5.41) is 11.2. The predicted octanol–water partition coefficient (Wildman–Crippen LogP) is 2.50. The molecule has 0 heterocycles. The smallest absolute Gasteiger partial charge is 0.335 e. The molecule has 100 valence electrons. The average molecular weight is 259 g/mol. The second-order valence-corrected chi connectivity index (χ2v) is 3.60. The van der Waals surface area contributed by atoms with Crippen LogP contribution in [0.3, 0.4) is 0 Å². The van der Waals surface area contributed by atoms with Crippen LogP contribution in [-0.2, 0) is 4.74 Å². The van der Waals surface area contributed by atoms with E-state index in [2.05, 4.69) is 5.32 Å². The number of ether oxygens (including phenoxy) is 1. The van der Waals surface area contributed by atoms with Gasteiger partial charge in [0.1, 0.15) is 17.3 Å². The molecule has 0 saturated heterocycles. The van der Waals surface area contributed by atoms with Crippen LogP contribution in [0.5, 0.6) is 0 Å². The number of rotatable bonds is 7. The van der Waals surface area contributed by atoms with Crippen LogP contribution in [0.4, 0.5) is 14.5 Å². The molecule has 0 aliphatic heterocycles. The van der Waals surface area contributed by atoms with Crippen molar-refractivity contribution in [2.24, 2.45) is 0 Å². The van der Waals surface area contributed by atoms with Gasteiger partial charge in [-0.15, -0.1) is 0 Å². The van der Waals surface area contributed by atoms with Crippen LogP contribution in [0.2, 0.25) is 0 Å². The van der Waals surface area contributed by atoms with Crippen molar-refractivity contribution in [2.75, 3.05) is 25.1 Å². The molecular weight excluding hydrogens is 244 g/mol. The molecule has 0 aromatic heterocycles. The molecule has 6 heteroatoms. The van der Waals surface area contributed by atoms with Crippen LogP contribution >= 0.6 is 0 Å². The minimum atomic E-state index is -1.37. The highest BCUT2D eigenvalue weighted by molar-refractivity contribution is 5.88. The van der Waals surface area contributed by atoms with Gasteiger partial charge in [0.2, 0.25) is 0 Å². The Morgan fingerprint density at radius 3 is 2.50 bits per heavy atom. The zero-order valence-corrected chi connectivity index (χ0v) is 10.0. The van der Waals surface area contributed by atoms with Gasteiger partial charge in [0, 0.05) is 19.8 Å². The summed E-state index contributed by atoms with van der Waals surface area (Å²) >= 11 is 0. The number of halogens is 2. The summed E-state index contributed by atoms with van der Waals surface area (Å²) in [6.45, 7) is 3.30. The van der Waals surface area contributed by atoms with E-state index in [1.54, 1.807) is 0 Å². The number of benzene rings is 1. The van der Waals surface area contributed by atoms with E-state index in [9.17, 15) is 13.6 Å². The average Bonchev–Trinajstić information content (AvgIpc) is 2.31. The molecule has 0 aliphatic carbocycles. The number of carboxylic acid groups (broad SMARTS) is 1. The molecule has 0 radical (unpaired) electrons. The molecule has 0 aliphatic rings. The Hall–Kier alpha value is -1.69. The Kier molecular flexibility index (Phi) is 5.51. The molecule has 1 rings (SSSR count). The lowest BCUT2D eigenvalue weighted by Gasteiger charge is -2.09. The van der Waals surface area contributed by atoms with E-state index < -0.39 is 23.2 Å². The van der Waals surface area contributed by atoms with Crippen LogP contribution in [0.15, 0.2) is 12.1 Å². The normalized spacial score (nSPS) is 10.4. The summed E-state index contributed by atoms with van der Waals surface area (Å²) < 4.78 is 32.0. The second kappa shape index (κ2) is 6.90. The Balaban J connectivity index is 2.63. The van der Waals surface area contributed by atoms with Gasteiger partial charge in [0.25, 0.3) is 0 Å². The van der Waals surface area contributed by atoms with Gasteiger partial charge in [-0.05, 0) is 25.5 Å². The lowest BCUT2D eigenvalue weighted by Crippen LogP contribution is -2.10. The highest BCUT2D eigenvalue weighted by atomic mass is 19.1. The minimum Gasteiger partial charge on any atom is -0.478 e. The number of carboxylic acids is 1. The third-order valence-corrected chi connectivity index (χ3v) is 2.26. The van der Waals surface area contributed by atoms with E-state index >= 15 is 0 Å². The molecule has 0 atom stereocenters. The van der Waals surface area contributed by atoms with Gasteiger partial charge in [-0.25, -0.2) is 13.6 Å². The van der Waals surface area contributed by atoms with Gasteiger partial charge < -0.3 is 15.2 Å². The molecule has 18 heavy (non-hydrogen) atoms. The Bertz CT molecular complexity index is 401. The van der Waals surface area contributed by atoms with Gasteiger partial charge in [0.05, 0.1) is 5.56 Å². The third kappa shape index (κ3) is 3.96. The number of anilines is 1. The first kappa shape index (κ1) is 14.4. The molecule has 0 spiro atoms.